The highest BCUT2D eigenvalue weighted by molar-refractivity contribution is 5.92. The summed E-state index contributed by atoms with van der Waals surface area (Å²) in [5, 5.41) is 20.7. The average molecular weight is 301 g/mol. The van der Waals surface area contributed by atoms with Crippen LogP contribution in [0.4, 0.5) is 0 Å². The molecule has 0 bridgehead atoms. The molecular formula is C14H19N7O. The molecule has 116 valence electrons. The van der Waals surface area contributed by atoms with E-state index in [-0.39, 0.29) is 5.91 Å². The molecule has 0 unspecified atom stereocenters. The molecule has 3 atom stereocenters. The summed E-state index contributed by atoms with van der Waals surface area (Å²) >= 11 is 0. The Hall–Kier alpha value is -2.25. The summed E-state index contributed by atoms with van der Waals surface area (Å²) in [5.74, 6) is 2.75. The summed E-state index contributed by atoms with van der Waals surface area (Å²) < 4.78 is 1.41. The Morgan fingerprint density at radius 1 is 1.36 bits per heavy atom. The number of aromatic amines is 1. The van der Waals surface area contributed by atoms with Crippen LogP contribution in [-0.2, 0) is 0 Å². The Kier molecular flexibility index (Phi) is 3.36. The molecule has 0 spiro atoms. The standard InChI is InChI=1S/C14H19N7O/c22-14(12-6-13(18-17-12)21-8-16-19-20-21)15-7-10-5-4-9-2-1-3-11(9)10/h6,8-11H,1-5,7H2,(H,15,22)(H,17,18)/t9-,10+,11-/m0/s1. The summed E-state index contributed by atoms with van der Waals surface area (Å²) in [4.78, 5) is 12.2. The molecule has 2 N–H and O–H groups in total. The average Bonchev–Trinajstić information content (AvgIpc) is 3.28. The monoisotopic (exact) mass is 301 g/mol. The van der Waals surface area contributed by atoms with Crippen LogP contribution in [0.15, 0.2) is 12.4 Å². The zero-order valence-corrected chi connectivity index (χ0v) is 12.3. The van der Waals surface area contributed by atoms with Crippen LogP contribution in [0, 0.1) is 17.8 Å². The highest BCUT2D eigenvalue weighted by atomic mass is 16.1. The minimum absolute atomic E-state index is 0.117. The molecule has 2 saturated carbocycles. The largest absolute Gasteiger partial charge is 0.350 e. The predicted octanol–water partition coefficient (Wildman–Crippen LogP) is 0.941. The Morgan fingerprint density at radius 3 is 3.18 bits per heavy atom. The van der Waals surface area contributed by atoms with Crippen LogP contribution in [0.3, 0.4) is 0 Å². The van der Waals surface area contributed by atoms with Gasteiger partial charge in [-0.25, -0.2) is 0 Å². The van der Waals surface area contributed by atoms with Crippen molar-refractivity contribution in [1.82, 2.24) is 35.7 Å². The van der Waals surface area contributed by atoms with Crippen LogP contribution in [0.25, 0.3) is 5.82 Å². The number of hydrogen-bond acceptors (Lipinski definition) is 5. The van der Waals surface area contributed by atoms with E-state index in [0.29, 0.717) is 17.4 Å². The fraction of sp³-hybridized carbons (Fsp3) is 0.643. The van der Waals surface area contributed by atoms with Gasteiger partial charge in [0.25, 0.3) is 5.91 Å². The van der Waals surface area contributed by atoms with Crippen molar-refractivity contribution in [3.05, 3.63) is 18.1 Å². The molecule has 1 amide bonds. The molecule has 22 heavy (non-hydrogen) atoms. The van der Waals surface area contributed by atoms with Crippen molar-refractivity contribution in [2.45, 2.75) is 32.1 Å². The minimum atomic E-state index is -0.117. The molecule has 4 rings (SSSR count). The van der Waals surface area contributed by atoms with E-state index in [1.165, 1.54) is 43.1 Å². The van der Waals surface area contributed by atoms with E-state index in [0.717, 1.165) is 18.4 Å². The number of rotatable bonds is 4. The SMILES string of the molecule is O=C(NC[C@H]1CC[C@@H]2CCC[C@@H]21)c1cc(-n2cnnn2)n[nH]1. The smallest absolute Gasteiger partial charge is 0.269 e. The number of amides is 1. The molecule has 8 heteroatoms. The number of hydrogen-bond donors (Lipinski definition) is 2. The topological polar surface area (TPSA) is 101 Å². The number of nitrogens with one attached hydrogen (secondary N) is 2. The van der Waals surface area contributed by atoms with Crippen molar-refractivity contribution in [1.29, 1.82) is 0 Å². The van der Waals surface area contributed by atoms with Crippen LogP contribution >= 0.6 is 0 Å². The van der Waals surface area contributed by atoms with Crippen molar-refractivity contribution in [2.24, 2.45) is 17.8 Å². The maximum absolute atomic E-state index is 12.2. The molecule has 2 aromatic heterocycles. The lowest BCUT2D eigenvalue weighted by Crippen LogP contribution is -2.31. The van der Waals surface area contributed by atoms with Crippen LogP contribution in [0.1, 0.15) is 42.6 Å². The maximum atomic E-state index is 12.2. The number of H-pyrrole nitrogens is 1. The third-order valence-electron chi connectivity index (χ3n) is 5.15. The second kappa shape index (κ2) is 5.51. The number of carbonyl (C=O) groups is 1. The predicted molar refractivity (Wildman–Crippen MR) is 77.2 cm³/mol. The Morgan fingerprint density at radius 2 is 2.32 bits per heavy atom. The van der Waals surface area contributed by atoms with Gasteiger partial charge in [0.15, 0.2) is 5.82 Å². The van der Waals surface area contributed by atoms with Crippen LogP contribution in [-0.4, -0.2) is 42.9 Å². The Bertz CT molecular complexity index is 650. The first-order valence-electron chi connectivity index (χ1n) is 7.88. The minimum Gasteiger partial charge on any atom is -0.350 e. The molecule has 0 aromatic carbocycles. The zero-order valence-electron chi connectivity index (χ0n) is 12.3. The second-order valence-corrected chi connectivity index (χ2v) is 6.30. The van der Waals surface area contributed by atoms with E-state index in [2.05, 4.69) is 31.0 Å². The lowest BCUT2D eigenvalue weighted by Gasteiger charge is -2.18. The third-order valence-corrected chi connectivity index (χ3v) is 5.15. The quantitative estimate of drug-likeness (QED) is 0.875. The van der Waals surface area contributed by atoms with Gasteiger partial charge in [-0.15, -0.1) is 5.10 Å². The summed E-state index contributed by atoms with van der Waals surface area (Å²) in [6, 6.07) is 1.65. The van der Waals surface area contributed by atoms with Gasteiger partial charge in [0.2, 0.25) is 0 Å². The Balaban J connectivity index is 1.36. The Labute approximate surface area is 127 Å². The van der Waals surface area contributed by atoms with Crippen molar-refractivity contribution in [3.8, 4) is 5.82 Å². The molecule has 2 heterocycles. The van der Waals surface area contributed by atoms with Gasteiger partial charge in [0.1, 0.15) is 12.0 Å². The van der Waals surface area contributed by atoms with Crippen LogP contribution < -0.4 is 5.32 Å². The molecule has 2 aliphatic rings. The van der Waals surface area contributed by atoms with Gasteiger partial charge < -0.3 is 5.32 Å². The van der Waals surface area contributed by atoms with E-state index in [9.17, 15) is 4.79 Å². The molecule has 2 fully saturated rings. The first-order valence-corrected chi connectivity index (χ1v) is 7.88. The lowest BCUT2D eigenvalue weighted by molar-refractivity contribution is 0.0938. The zero-order chi connectivity index (χ0) is 14.9. The van der Waals surface area contributed by atoms with E-state index in [1.54, 1.807) is 6.07 Å². The summed E-state index contributed by atoms with van der Waals surface area (Å²) in [5.41, 5.74) is 0.437. The molecule has 0 radical (unpaired) electrons. The van der Waals surface area contributed by atoms with Crippen molar-refractivity contribution >= 4 is 5.91 Å². The summed E-state index contributed by atoms with van der Waals surface area (Å²) in [6.45, 7) is 0.763. The molecule has 8 nitrogen and oxygen atoms in total. The van der Waals surface area contributed by atoms with Gasteiger partial charge in [-0.1, -0.05) is 12.8 Å². The molecular weight excluding hydrogens is 282 g/mol. The van der Waals surface area contributed by atoms with Gasteiger partial charge in [-0.2, -0.15) is 9.78 Å². The fourth-order valence-electron chi connectivity index (χ4n) is 4.07. The molecule has 0 aliphatic heterocycles. The molecule has 2 aliphatic carbocycles. The normalized spacial score (nSPS) is 27.0. The van der Waals surface area contributed by atoms with Gasteiger partial charge in [0.05, 0.1) is 0 Å². The fourth-order valence-corrected chi connectivity index (χ4v) is 4.07. The van der Waals surface area contributed by atoms with E-state index >= 15 is 0 Å². The van der Waals surface area contributed by atoms with Gasteiger partial charge >= 0.3 is 0 Å². The lowest BCUT2D eigenvalue weighted by atomic mass is 9.92. The molecule has 2 aromatic rings. The third kappa shape index (κ3) is 2.38. The maximum Gasteiger partial charge on any atom is 0.269 e. The highest BCUT2D eigenvalue weighted by Crippen LogP contribution is 2.47. The number of tetrazole rings is 1. The van der Waals surface area contributed by atoms with E-state index in [4.69, 9.17) is 0 Å². The number of carbonyl (C=O) groups excluding carboxylic acids is 1. The molecule has 0 saturated heterocycles. The van der Waals surface area contributed by atoms with E-state index < -0.39 is 0 Å². The number of fused-ring (bicyclic) bond motifs is 1. The summed E-state index contributed by atoms with van der Waals surface area (Å²) in [7, 11) is 0. The number of aromatic nitrogens is 6. The van der Waals surface area contributed by atoms with Crippen molar-refractivity contribution in [3.63, 3.8) is 0 Å². The van der Waals surface area contributed by atoms with Gasteiger partial charge in [0, 0.05) is 12.6 Å². The first-order chi connectivity index (χ1) is 10.8. The van der Waals surface area contributed by atoms with Gasteiger partial charge in [-0.05, 0) is 47.4 Å². The van der Waals surface area contributed by atoms with E-state index in [1.807, 2.05) is 0 Å². The summed E-state index contributed by atoms with van der Waals surface area (Å²) in [6.07, 6.45) is 8.09. The van der Waals surface area contributed by atoms with Crippen molar-refractivity contribution < 1.29 is 4.79 Å². The second-order valence-electron chi connectivity index (χ2n) is 6.30. The van der Waals surface area contributed by atoms with Gasteiger partial charge in [-0.3, -0.25) is 9.89 Å². The van der Waals surface area contributed by atoms with Crippen LogP contribution in [0.5, 0.6) is 0 Å². The first kappa shape index (κ1) is 13.4. The highest BCUT2D eigenvalue weighted by Gasteiger charge is 2.38. The number of nitrogens with zero attached hydrogens (tertiary/aromatic N) is 5. The van der Waals surface area contributed by atoms with Crippen molar-refractivity contribution in [2.75, 3.05) is 6.54 Å². The van der Waals surface area contributed by atoms with Crippen LogP contribution in [0.2, 0.25) is 0 Å².